The molecule has 4 heteroatoms. The highest BCUT2D eigenvalue weighted by atomic mass is 35.5. The molecule has 0 spiro atoms. The Morgan fingerprint density at radius 3 is 2.50 bits per heavy atom. The molecule has 2 N–H and O–H groups in total. The Balaban J connectivity index is 1.61. The molecule has 3 nitrogen and oxygen atoms in total. The molecule has 0 radical (unpaired) electrons. The zero-order valence-electron chi connectivity index (χ0n) is 12.8. The maximum Gasteiger partial charge on any atom is 0.306 e. The van der Waals surface area contributed by atoms with Crippen molar-refractivity contribution in [1.82, 2.24) is 5.32 Å². The third kappa shape index (κ3) is 3.47. The van der Waals surface area contributed by atoms with Gasteiger partial charge in [-0.05, 0) is 50.2 Å². The molecule has 2 aliphatic carbocycles. The second kappa shape index (κ2) is 7.01. The zero-order valence-corrected chi connectivity index (χ0v) is 13.6. The Kier molecular flexibility index (Phi) is 5.04. The van der Waals surface area contributed by atoms with Gasteiger partial charge in [-0.15, -0.1) is 0 Å². The molecule has 3 rings (SSSR count). The molecule has 0 heterocycles. The summed E-state index contributed by atoms with van der Waals surface area (Å²) in [6.45, 7) is 0. The van der Waals surface area contributed by atoms with Gasteiger partial charge in [0.2, 0.25) is 0 Å². The first-order valence-corrected chi connectivity index (χ1v) is 8.76. The van der Waals surface area contributed by atoms with Crippen LogP contribution in [0.15, 0.2) is 24.3 Å². The van der Waals surface area contributed by atoms with Gasteiger partial charge < -0.3 is 10.4 Å². The van der Waals surface area contributed by atoms with Gasteiger partial charge in [0.1, 0.15) is 0 Å². The molecule has 22 heavy (non-hydrogen) atoms. The lowest BCUT2D eigenvalue weighted by Gasteiger charge is -2.32. The van der Waals surface area contributed by atoms with Crippen molar-refractivity contribution in [1.29, 1.82) is 0 Å². The minimum Gasteiger partial charge on any atom is -0.481 e. The number of nitrogens with one attached hydrogen (secondary N) is 1. The van der Waals surface area contributed by atoms with Gasteiger partial charge in [0.25, 0.3) is 0 Å². The van der Waals surface area contributed by atoms with Crippen molar-refractivity contribution in [2.45, 2.75) is 62.9 Å². The average molecular weight is 322 g/mol. The molecule has 2 fully saturated rings. The normalized spacial score (nSPS) is 32.0. The molecule has 0 aromatic heterocycles. The largest absolute Gasteiger partial charge is 0.481 e. The van der Waals surface area contributed by atoms with Crippen molar-refractivity contribution in [2.24, 2.45) is 5.92 Å². The van der Waals surface area contributed by atoms with E-state index in [0.29, 0.717) is 18.0 Å². The van der Waals surface area contributed by atoms with E-state index in [1.165, 1.54) is 24.8 Å². The van der Waals surface area contributed by atoms with Gasteiger partial charge >= 0.3 is 5.97 Å². The molecule has 2 saturated carbocycles. The smallest absolute Gasteiger partial charge is 0.306 e. The first-order chi connectivity index (χ1) is 10.6. The molecular weight excluding hydrogens is 298 g/mol. The van der Waals surface area contributed by atoms with E-state index >= 15 is 0 Å². The van der Waals surface area contributed by atoms with Crippen LogP contribution in [-0.4, -0.2) is 23.2 Å². The summed E-state index contributed by atoms with van der Waals surface area (Å²) in [5.74, 6) is -0.278. The van der Waals surface area contributed by atoms with Crippen molar-refractivity contribution in [2.75, 3.05) is 0 Å². The van der Waals surface area contributed by atoms with E-state index in [1.807, 2.05) is 12.1 Å². The van der Waals surface area contributed by atoms with Crippen molar-refractivity contribution in [3.63, 3.8) is 0 Å². The lowest BCUT2D eigenvalue weighted by atomic mass is 9.85. The molecule has 1 aromatic carbocycles. The maximum atomic E-state index is 11.0. The van der Waals surface area contributed by atoms with Gasteiger partial charge in [0.15, 0.2) is 0 Å². The van der Waals surface area contributed by atoms with Crippen LogP contribution in [0.3, 0.4) is 0 Å². The molecule has 2 atom stereocenters. The Bertz CT molecular complexity index is 526. The van der Waals surface area contributed by atoms with Crippen LogP contribution in [-0.2, 0) is 4.79 Å². The van der Waals surface area contributed by atoms with E-state index in [4.69, 9.17) is 16.7 Å². The van der Waals surface area contributed by atoms with Crippen molar-refractivity contribution < 1.29 is 9.90 Å². The Morgan fingerprint density at radius 2 is 1.82 bits per heavy atom. The molecule has 0 bridgehead atoms. The Hall–Kier alpha value is -1.06. The second-order valence-corrected chi connectivity index (χ2v) is 7.13. The molecule has 0 amide bonds. The summed E-state index contributed by atoms with van der Waals surface area (Å²) in [6, 6.07) is 9.11. The van der Waals surface area contributed by atoms with E-state index in [2.05, 4.69) is 17.4 Å². The van der Waals surface area contributed by atoms with E-state index < -0.39 is 5.97 Å². The topological polar surface area (TPSA) is 49.3 Å². The van der Waals surface area contributed by atoms with Gasteiger partial charge in [-0.1, -0.05) is 36.2 Å². The maximum absolute atomic E-state index is 11.0. The molecule has 120 valence electrons. The summed E-state index contributed by atoms with van der Waals surface area (Å²) in [7, 11) is 0. The number of hydrogen-bond donors (Lipinski definition) is 2. The average Bonchev–Trinajstić information content (AvgIpc) is 2.96. The van der Waals surface area contributed by atoms with Gasteiger partial charge in [-0.3, -0.25) is 4.79 Å². The number of aliphatic carboxylic acids is 1. The van der Waals surface area contributed by atoms with Crippen molar-refractivity contribution >= 4 is 17.6 Å². The van der Waals surface area contributed by atoms with E-state index in [9.17, 15) is 4.79 Å². The van der Waals surface area contributed by atoms with E-state index in [0.717, 1.165) is 30.7 Å². The van der Waals surface area contributed by atoms with Gasteiger partial charge in [0, 0.05) is 23.0 Å². The Labute approximate surface area is 137 Å². The quantitative estimate of drug-likeness (QED) is 0.873. The zero-order chi connectivity index (χ0) is 15.5. The molecule has 2 unspecified atom stereocenters. The Morgan fingerprint density at radius 1 is 1.09 bits per heavy atom. The van der Waals surface area contributed by atoms with Crippen LogP contribution in [0.4, 0.5) is 0 Å². The summed E-state index contributed by atoms with van der Waals surface area (Å²) in [4.78, 5) is 11.0. The predicted molar refractivity (Wildman–Crippen MR) is 88.3 cm³/mol. The van der Waals surface area contributed by atoms with Crippen LogP contribution < -0.4 is 5.32 Å². The van der Waals surface area contributed by atoms with Crippen molar-refractivity contribution in [3.8, 4) is 0 Å². The van der Waals surface area contributed by atoms with Crippen LogP contribution in [0.5, 0.6) is 0 Å². The van der Waals surface area contributed by atoms with Crippen LogP contribution in [0, 0.1) is 5.92 Å². The minimum atomic E-state index is -0.631. The number of carbonyl (C=O) groups is 1. The summed E-state index contributed by atoms with van der Waals surface area (Å²) in [5, 5.41) is 13.8. The SMILES string of the molecule is O=C(O)C1CCC(NC2CCCC2c2ccccc2Cl)CC1. The van der Waals surface area contributed by atoms with Gasteiger partial charge in [-0.25, -0.2) is 0 Å². The van der Waals surface area contributed by atoms with Crippen LogP contribution in [0.2, 0.25) is 5.02 Å². The molecule has 0 aliphatic heterocycles. The summed E-state index contributed by atoms with van der Waals surface area (Å²) in [5.41, 5.74) is 1.26. The lowest BCUT2D eigenvalue weighted by molar-refractivity contribution is -0.142. The summed E-state index contributed by atoms with van der Waals surface area (Å²) >= 11 is 6.37. The fourth-order valence-corrected chi connectivity index (χ4v) is 4.39. The number of rotatable bonds is 4. The van der Waals surface area contributed by atoms with Crippen LogP contribution in [0.25, 0.3) is 0 Å². The predicted octanol–water partition coefficient (Wildman–Crippen LogP) is 4.21. The van der Waals surface area contributed by atoms with Crippen LogP contribution in [0.1, 0.15) is 56.4 Å². The second-order valence-electron chi connectivity index (χ2n) is 6.72. The third-order valence-electron chi connectivity index (χ3n) is 5.35. The fourth-order valence-electron chi connectivity index (χ4n) is 4.12. The molecule has 1 aromatic rings. The summed E-state index contributed by atoms with van der Waals surface area (Å²) < 4.78 is 0. The standard InChI is InChI=1S/C18H24ClNO2/c19-16-6-2-1-4-14(16)15-5-3-7-17(15)20-13-10-8-12(9-11-13)18(21)22/h1-2,4,6,12-13,15,17,20H,3,5,7-11H2,(H,21,22). The number of carboxylic acid groups (broad SMARTS) is 1. The highest BCUT2D eigenvalue weighted by Gasteiger charge is 2.33. The van der Waals surface area contributed by atoms with Crippen LogP contribution >= 0.6 is 11.6 Å². The monoisotopic (exact) mass is 321 g/mol. The van der Waals surface area contributed by atoms with Gasteiger partial charge in [0.05, 0.1) is 5.92 Å². The fraction of sp³-hybridized carbons (Fsp3) is 0.611. The number of hydrogen-bond acceptors (Lipinski definition) is 2. The van der Waals surface area contributed by atoms with Crippen molar-refractivity contribution in [3.05, 3.63) is 34.9 Å². The number of carboxylic acids is 1. The number of halogens is 1. The van der Waals surface area contributed by atoms with Gasteiger partial charge in [-0.2, -0.15) is 0 Å². The highest BCUT2D eigenvalue weighted by molar-refractivity contribution is 6.31. The molecular formula is C18H24ClNO2. The summed E-state index contributed by atoms with van der Waals surface area (Å²) in [6.07, 6.45) is 7.16. The minimum absolute atomic E-state index is 0.138. The number of benzene rings is 1. The third-order valence-corrected chi connectivity index (χ3v) is 5.69. The molecule has 2 aliphatic rings. The van der Waals surface area contributed by atoms with E-state index in [1.54, 1.807) is 0 Å². The first-order valence-electron chi connectivity index (χ1n) is 8.38. The van der Waals surface area contributed by atoms with E-state index in [-0.39, 0.29) is 5.92 Å². The first kappa shape index (κ1) is 15.8. The molecule has 0 saturated heterocycles. The lowest BCUT2D eigenvalue weighted by Crippen LogP contribution is -2.42. The highest BCUT2D eigenvalue weighted by Crippen LogP contribution is 2.38.